The summed E-state index contributed by atoms with van der Waals surface area (Å²) in [6.45, 7) is 2.67. The van der Waals surface area contributed by atoms with Crippen molar-refractivity contribution in [2.45, 2.75) is 38.3 Å². The summed E-state index contributed by atoms with van der Waals surface area (Å²) in [6.07, 6.45) is 3.09. The number of piperidine rings is 1. The van der Waals surface area contributed by atoms with E-state index in [1.54, 1.807) is 25.1 Å². The Labute approximate surface area is 136 Å². The summed E-state index contributed by atoms with van der Waals surface area (Å²) in [5, 5.41) is 4.24. The van der Waals surface area contributed by atoms with Gasteiger partial charge in [0, 0.05) is 22.1 Å². The van der Waals surface area contributed by atoms with Gasteiger partial charge in [-0.25, -0.2) is 13.1 Å². The minimum absolute atomic E-state index is 0.0316. The first-order valence-electron chi connectivity index (χ1n) is 7.06. The molecule has 0 radical (unpaired) electrons. The maximum atomic E-state index is 12.2. The van der Waals surface area contributed by atoms with Gasteiger partial charge in [-0.2, -0.15) is 0 Å². The highest BCUT2D eigenvalue weighted by molar-refractivity contribution is 7.89. The zero-order valence-electron chi connectivity index (χ0n) is 11.9. The predicted molar refractivity (Wildman–Crippen MR) is 87.4 cm³/mol. The standard InChI is InChI=1S/C14H20Cl2N2O2S/c1-10(13-6-5-11(15)8-14(13)16)18-21(19,20)9-12-4-2-3-7-17-12/h5-6,8,10,12,17-18H,2-4,7,9H2,1H3. The third-order valence-corrected chi connectivity index (χ3v) is 5.73. The number of halogens is 2. The lowest BCUT2D eigenvalue weighted by Gasteiger charge is -2.24. The molecule has 1 aliphatic heterocycles. The lowest BCUT2D eigenvalue weighted by molar-refractivity contribution is 0.421. The first-order valence-corrected chi connectivity index (χ1v) is 9.46. The monoisotopic (exact) mass is 350 g/mol. The zero-order valence-corrected chi connectivity index (χ0v) is 14.2. The molecule has 2 rings (SSSR count). The van der Waals surface area contributed by atoms with E-state index in [1.807, 2.05) is 0 Å². The molecule has 21 heavy (non-hydrogen) atoms. The first kappa shape index (κ1) is 17.0. The van der Waals surface area contributed by atoms with Gasteiger partial charge in [0.25, 0.3) is 0 Å². The molecule has 1 saturated heterocycles. The predicted octanol–water partition coefficient (Wildman–Crippen LogP) is 3.12. The molecule has 0 spiro atoms. The van der Waals surface area contributed by atoms with Crippen LogP contribution in [0.15, 0.2) is 18.2 Å². The van der Waals surface area contributed by atoms with Crippen LogP contribution in [-0.2, 0) is 10.0 Å². The van der Waals surface area contributed by atoms with Crippen LogP contribution in [0.1, 0.15) is 37.8 Å². The lowest BCUT2D eigenvalue weighted by atomic mass is 10.1. The minimum atomic E-state index is -3.36. The topological polar surface area (TPSA) is 58.2 Å². The van der Waals surface area contributed by atoms with E-state index in [2.05, 4.69) is 10.0 Å². The van der Waals surface area contributed by atoms with Gasteiger partial charge in [0.2, 0.25) is 10.0 Å². The van der Waals surface area contributed by atoms with Crippen LogP contribution >= 0.6 is 23.2 Å². The second kappa shape index (κ2) is 7.29. The summed E-state index contributed by atoms with van der Waals surface area (Å²) in [4.78, 5) is 0. The minimum Gasteiger partial charge on any atom is -0.313 e. The number of nitrogens with one attached hydrogen (secondary N) is 2. The van der Waals surface area contributed by atoms with Gasteiger partial charge in [-0.1, -0.05) is 35.7 Å². The van der Waals surface area contributed by atoms with Crippen molar-refractivity contribution in [3.63, 3.8) is 0 Å². The Hall–Kier alpha value is -0.330. The molecule has 2 N–H and O–H groups in total. The van der Waals surface area contributed by atoms with Crippen LogP contribution in [0.4, 0.5) is 0 Å². The number of hydrogen-bond acceptors (Lipinski definition) is 3. The molecule has 7 heteroatoms. The van der Waals surface area contributed by atoms with Crippen molar-refractivity contribution in [2.75, 3.05) is 12.3 Å². The summed E-state index contributed by atoms with van der Waals surface area (Å²) in [5.74, 6) is 0.0998. The van der Waals surface area contributed by atoms with Crippen LogP contribution in [0.25, 0.3) is 0 Å². The smallest absolute Gasteiger partial charge is 0.213 e. The first-order chi connectivity index (χ1) is 9.87. The van der Waals surface area contributed by atoms with Gasteiger partial charge in [-0.15, -0.1) is 0 Å². The lowest BCUT2D eigenvalue weighted by Crippen LogP contribution is -2.43. The third kappa shape index (κ3) is 5.11. The second-order valence-electron chi connectivity index (χ2n) is 5.43. The molecule has 1 heterocycles. The molecule has 0 amide bonds. The van der Waals surface area contributed by atoms with E-state index in [1.165, 1.54) is 0 Å². The maximum absolute atomic E-state index is 12.2. The van der Waals surface area contributed by atoms with Gasteiger partial charge < -0.3 is 5.32 Å². The van der Waals surface area contributed by atoms with E-state index in [0.717, 1.165) is 31.4 Å². The fraction of sp³-hybridized carbons (Fsp3) is 0.571. The summed E-state index contributed by atoms with van der Waals surface area (Å²) in [7, 11) is -3.36. The molecule has 2 unspecified atom stereocenters. The van der Waals surface area contributed by atoms with E-state index >= 15 is 0 Å². The van der Waals surface area contributed by atoms with Crippen molar-refractivity contribution < 1.29 is 8.42 Å². The summed E-state index contributed by atoms with van der Waals surface area (Å²) in [5.41, 5.74) is 0.723. The molecule has 1 aromatic carbocycles. The summed E-state index contributed by atoms with van der Waals surface area (Å²) in [6, 6.07) is 4.71. The maximum Gasteiger partial charge on any atom is 0.213 e. The van der Waals surface area contributed by atoms with Gasteiger partial charge >= 0.3 is 0 Å². The summed E-state index contributed by atoms with van der Waals surface area (Å²) >= 11 is 12.0. The number of sulfonamides is 1. The van der Waals surface area contributed by atoms with E-state index in [-0.39, 0.29) is 17.8 Å². The highest BCUT2D eigenvalue weighted by atomic mass is 35.5. The van der Waals surface area contributed by atoms with Crippen LogP contribution < -0.4 is 10.0 Å². The Kier molecular flexibility index (Phi) is 5.91. The Morgan fingerprint density at radius 1 is 1.38 bits per heavy atom. The molecule has 1 aliphatic rings. The van der Waals surface area contributed by atoms with Gasteiger partial charge in [0.05, 0.1) is 5.75 Å². The molecular weight excluding hydrogens is 331 g/mol. The average molecular weight is 351 g/mol. The molecule has 1 fully saturated rings. The molecule has 0 bridgehead atoms. The normalized spacial score (nSPS) is 21.2. The molecule has 0 saturated carbocycles. The van der Waals surface area contributed by atoms with Crippen LogP contribution in [0, 0.1) is 0 Å². The van der Waals surface area contributed by atoms with Gasteiger partial charge in [-0.05, 0) is 44.0 Å². The van der Waals surface area contributed by atoms with Crippen molar-refractivity contribution in [3.8, 4) is 0 Å². The van der Waals surface area contributed by atoms with Crippen molar-refractivity contribution in [3.05, 3.63) is 33.8 Å². The van der Waals surface area contributed by atoms with Gasteiger partial charge in [-0.3, -0.25) is 0 Å². The Morgan fingerprint density at radius 2 is 2.14 bits per heavy atom. The van der Waals surface area contributed by atoms with Crippen LogP contribution in [0.2, 0.25) is 10.0 Å². The van der Waals surface area contributed by atoms with Crippen LogP contribution in [0.5, 0.6) is 0 Å². The van der Waals surface area contributed by atoms with Crippen LogP contribution in [0.3, 0.4) is 0 Å². The van der Waals surface area contributed by atoms with Gasteiger partial charge in [0.15, 0.2) is 0 Å². The quantitative estimate of drug-likeness (QED) is 0.857. The third-order valence-electron chi connectivity index (χ3n) is 3.62. The fourth-order valence-electron chi connectivity index (χ4n) is 2.56. The Bertz CT molecular complexity index is 587. The second-order valence-corrected chi connectivity index (χ2v) is 8.08. The molecule has 2 atom stereocenters. The summed E-state index contributed by atoms with van der Waals surface area (Å²) < 4.78 is 27.2. The molecule has 0 aliphatic carbocycles. The Balaban J connectivity index is 2.01. The van der Waals surface area contributed by atoms with E-state index in [4.69, 9.17) is 23.2 Å². The molecule has 4 nitrogen and oxygen atoms in total. The van der Waals surface area contributed by atoms with Gasteiger partial charge in [0.1, 0.15) is 0 Å². The van der Waals surface area contributed by atoms with Crippen molar-refractivity contribution >= 4 is 33.2 Å². The number of hydrogen-bond donors (Lipinski definition) is 2. The van der Waals surface area contributed by atoms with E-state index in [0.29, 0.717) is 10.0 Å². The molecule has 118 valence electrons. The Morgan fingerprint density at radius 3 is 2.76 bits per heavy atom. The fourth-order valence-corrected chi connectivity index (χ4v) is 4.71. The highest BCUT2D eigenvalue weighted by Gasteiger charge is 2.23. The molecule has 1 aromatic rings. The van der Waals surface area contributed by atoms with Crippen molar-refractivity contribution in [1.82, 2.24) is 10.0 Å². The van der Waals surface area contributed by atoms with Crippen LogP contribution in [-0.4, -0.2) is 26.8 Å². The number of benzene rings is 1. The zero-order chi connectivity index (χ0) is 15.5. The number of rotatable bonds is 5. The van der Waals surface area contributed by atoms with E-state index in [9.17, 15) is 8.42 Å². The molecular formula is C14H20Cl2N2O2S. The van der Waals surface area contributed by atoms with Crippen molar-refractivity contribution in [2.24, 2.45) is 0 Å². The largest absolute Gasteiger partial charge is 0.313 e. The molecule has 0 aromatic heterocycles. The van der Waals surface area contributed by atoms with E-state index < -0.39 is 10.0 Å². The SMILES string of the molecule is CC(NS(=O)(=O)CC1CCCCN1)c1ccc(Cl)cc1Cl. The highest BCUT2D eigenvalue weighted by Crippen LogP contribution is 2.26. The van der Waals surface area contributed by atoms with Crippen molar-refractivity contribution in [1.29, 1.82) is 0 Å². The average Bonchev–Trinajstić information content (AvgIpc) is 2.38.